The smallest absolute Gasteiger partial charge is 0.150 e. The largest absolute Gasteiger partial charge is 0.304 e. The van der Waals surface area contributed by atoms with E-state index in [1.807, 2.05) is 0 Å². The minimum atomic E-state index is -2.83. The molecular formula is C10H23NO2S. The van der Waals surface area contributed by atoms with Crippen LogP contribution in [0.1, 0.15) is 33.6 Å². The van der Waals surface area contributed by atoms with E-state index in [0.29, 0.717) is 0 Å². The molecule has 1 unspecified atom stereocenters. The van der Waals surface area contributed by atoms with E-state index in [4.69, 9.17) is 0 Å². The second-order valence-corrected chi connectivity index (χ2v) is 6.27. The van der Waals surface area contributed by atoms with Crippen LogP contribution in [0.15, 0.2) is 0 Å². The molecule has 0 aromatic rings. The summed E-state index contributed by atoms with van der Waals surface area (Å²) < 4.78 is 22.3. The predicted molar refractivity (Wildman–Crippen MR) is 61.3 cm³/mol. The topological polar surface area (TPSA) is 37.4 Å². The number of nitrogens with zero attached hydrogens (tertiary/aromatic N) is 1. The standard InChI is InChI=1S/C10H23NO2S/c1-5-11(6-2)9-7-8-10(3)14(4,12)13/h10H,5-9H2,1-4H3. The van der Waals surface area contributed by atoms with Crippen LogP contribution in [0.2, 0.25) is 0 Å². The highest BCUT2D eigenvalue weighted by Gasteiger charge is 2.14. The Balaban J connectivity index is 3.74. The van der Waals surface area contributed by atoms with Gasteiger partial charge in [-0.3, -0.25) is 0 Å². The maximum Gasteiger partial charge on any atom is 0.150 e. The minimum Gasteiger partial charge on any atom is -0.304 e. The lowest BCUT2D eigenvalue weighted by atomic mass is 10.2. The van der Waals surface area contributed by atoms with Gasteiger partial charge in [-0.05, 0) is 39.4 Å². The van der Waals surface area contributed by atoms with Crippen LogP contribution in [0.4, 0.5) is 0 Å². The number of rotatable bonds is 7. The van der Waals surface area contributed by atoms with E-state index in [2.05, 4.69) is 18.7 Å². The molecule has 0 heterocycles. The number of hydrogen-bond acceptors (Lipinski definition) is 3. The Kier molecular flexibility index (Phi) is 6.36. The van der Waals surface area contributed by atoms with Crippen molar-refractivity contribution in [3.63, 3.8) is 0 Å². The van der Waals surface area contributed by atoms with Crippen LogP contribution in [0.25, 0.3) is 0 Å². The maximum absolute atomic E-state index is 11.1. The molecule has 0 saturated heterocycles. The average Bonchev–Trinajstić information content (AvgIpc) is 2.10. The van der Waals surface area contributed by atoms with Crippen molar-refractivity contribution in [2.75, 3.05) is 25.9 Å². The van der Waals surface area contributed by atoms with Crippen LogP contribution in [-0.2, 0) is 9.84 Å². The second kappa shape index (κ2) is 6.40. The average molecular weight is 221 g/mol. The Morgan fingerprint density at radius 3 is 2.07 bits per heavy atom. The van der Waals surface area contributed by atoms with Gasteiger partial charge in [0, 0.05) is 6.26 Å². The summed E-state index contributed by atoms with van der Waals surface area (Å²) in [6, 6.07) is 0. The summed E-state index contributed by atoms with van der Waals surface area (Å²) in [5, 5.41) is -0.196. The van der Waals surface area contributed by atoms with E-state index in [1.165, 1.54) is 6.26 Å². The van der Waals surface area contributed by atoms with Crippen LogP contribution in [0, 0.1) is 0 Å². The first-order valence-electron chi connectivity index (χ1n) is 5.33. The van der Waals surface area contributed by atoms with Gasteiger partial charge >= 0.3 is 0 Å². The van der Waals surface area contributed by atoms with Gasteiger partial charge in [-0.25, -0.2) is 8.42 Å². The van der Waals surface area contributed by atoms with Crippen LogP contribution in [0.5, 0.6) is 0 Å². The molecule has 0 spiro atoms. The van der Waals surface area contributed by atoms with Crippen molar-refractivity contribution in [3.8, 4) is 0 Å². The molecule has 1 atom stereocenters. The summed E-state index contributed by atoms with van der Waals surface area (Å²) in [6.07, 6.45) is 3.06. The molecule has 0 aliphatic heterocycles. The molecule has 0 rings (SSSR count). The normalized spacial score (nSPS) is 14.6. The van der Waals surface area contributed by atoms with Crippen molar-refractivity contribution in [2.24, 2.45) is 0 Å². The van der Waals surface area contributed by atoms with Crippen molar-refractivity contribution in [1.82, 2.24) is 4.90 Å². The molecule has 0 bridgehead atoms. The highest BCUT2D eigenvalue weighted by Crippen LogP contribution is 2.07. The molecule has 0 fully saturated rings. The highest BCUT2D eigenvalue weighted by molar-refractivity contribution is 7.91. The van der Waals surface area contributed by atoms with Gasteiger partial charge in [0.1, 0.15) is 9.84 Å². The molecule has 0 aromatic heterocycles. The Hall–Kier alpha value is -0.0900. The van der Waals surface area contributed by atoms with Crippen LogP contribution in [0.3, 0.4) is 0 Å². The Morgan fingerprint density at radius 2 is 1.71 bits per heavy atom. The van der Waals surface area contributed by atoms with Gasteiger partial charge in [0.05, 0.1) is 5.25 Å². The molecule has 3 nitrogen and oxygen atoms in total. The van der Waals surface area contributed by atoms with E-state index in [0.717, 1.165) is 32.5 Å². The molecule has 0 saturated carbocycles. The van der Waals surface area contributed by atoms with Gasteiger partial charge in [0.25, 0.3) is 0 Å². The summed E-state index contributed by atoms with van der Waals surface area (Å²) in [6.45, 7) is 9.14. The van der Waals surface area contributed by atoms with Gasteiger partial charge in [-0.2, -0.15) is 0 Å². The summed E-state index contributed by atoms with van der Waals surface area (Å²) in [7, 11) is -2.83. The third-order valence-corrected chi connectivity index (χ3v) is 4.41. The van der Waals surface area contributed by atoms with Gasteiger partial charge in [0.2, 0.25) is 0 Å². The van der Waals surface area contributed by atoms with Crippen molar-refractivity contribution < 1.29 is 8.42 Å². The Morgan fingerprint density at radius 1 is 1.21 bits per heavy atom. The fourth-order valence-corrected chi connectivity index (χ4v) is 1.95. The molecule has 0 aliphatic rings. The molecule has 4 heteroatoms. The van der Waals surface area contributed by atoms with E-state index in [9.17, 15) is 8.42 Å². The first kappa shape index (κ1) is 13.9. The zero-order valence-electron chi connectivity index (χ0n) is 9.78. The quantitative estimate of drug-likeness (QED) is 0.654. The van der Waals surface area contributed by atoms with Crippen LogP contribution in [-0.4, -0.2) is 44.5 Å². The Bertz CT molecular complexity index is 233. The zero-order valence-corrected chi connectivity index (χ0v) is 10.6. The second-order valence-electron chi connectivity index (χ2n) is 3.81. The SMILES string of the molecule is CCN(CC)CCCC(C)S(C)(=O)=O. The molecule has 0 radical (unpaired) electrons. The first-order valence-corrected chi connectivity index (χ1v) is 7.28. The van der Waals surface area contributed by atoms with E-state index < -0.39 is 9.84 Å². The molecule has 0 N–H and O–H groups in total. The summed E-state index contributed by atoms with van der Waals surface area (Å²) >= 11 is 0. The van der Waals surface area contributed by atoms with Crippen molar-refractivity contribution in [3.05, 3.63) is 0 Å². The Labute approximate surface area is 88.4 Å². The third-order valence-electron chi connectivity index (χ3n) is 2.71. The monoisotopic (exact) mass is 221 g/mol. The fourth-order valence-electron chi connectivity index (χ4n) is 1.36. The van der Waals surface area contributed by atoms with Crippen LogP contribution < -0.4 is 0 Å². The van der Waals surface area contributed by atoms with Gasteiger partial charge in [-0.15, -0.1) is 0 Å². The molecule has 0 aromatic carbocycles. The van der Waals surface area contributed by atoms with Crippen LogP contribution >= 0.6 is 0 Å². The lowest BCUT2D eigenvalue weighted by molar-refractivity contribution is 0.296. The third kappa shape index (κ3) is 5.60. The maximum atomic E-state index is 11.1. The fraction of sp³-hybridized carbons (Fsp3) is 1.00. The lowest BCUT2D eigenvalue weighted by Gasteiger charge is -2.18. The van der Waals surface area contributed by atoms with Crippen molar-refractivity contribution >= 4 is 9.84 Å². The van der Waals surface area contributed by atoms with Crippen molar-refractivity contribution in [1.29, 1.82) is 0 Å². The van der Waals surface area contributed by atoms with Crippen molar-refractivity contribution in [2.45, 2.75) is 38.9 Å². The van der Waals surface area contributed by atoms with E-state index in [1.54, 1.807) is 6.92 Å². The summed E-state index contributed by atoms with van der Waals surface area (Å²) in [5.74, 6) is 0. The number of hydrogen-bond donors (Lipinski definition) is 0. The molecule has 0 amide bonds. The van der Waals surface area contributed by atoms with Gasteiger partial charge < -0.3 is 4.90 Å². The van der Waals surface area contributed by atoms with Gasteiger partial charge in [-0.1, -0.05) is 13.8 Å². The predicted octanol–water partition coefficient (Wildman–Crippen LogP) is 1.54. The van der Waals surface area contributed by atoms with Gasteiger partial charge in [0.15, 0.2) is 0 Å². The zero-order chi connectivity index (χ0) is 11.2. The molecule has 14 heavy (non-hydrogen) atoms. The van der Waals surface area contributed by atoms with E-state index >= 15 is 0 Å². The summed E-state index contributed by atoms with van der Waals surface area (Å²) in [5.41, 5.74) is 0. The molecule has 0 aliphatic carbocycles. The number of sulfone groups is 1. The molecule has 86 valence electrons. The minimum absolute atomic E-state index is 0.196. The molecular weight excluding hydrogens is 198 g/mol. The highest BCUT2D eigenvalue weighted by atomic mass is 32.2. The summed E-state index contributed by atoms with van der Waals surface area (Å²) in [4.78, 5) is 2.31. The van der Waals surface area contributed by atoms with E-state index in [-0.39, 0.29) is 5.25 Å². The lowest BCUT2D eigenvalue weighted by Crippen LogP contribution is -2.25. The first-order chi connectivity index (χ1) is 6.41.